The number of hydrogen-bond donors (Lipinski definition) is 1. The molecule has 1 saturated heterocycles. The number of hydroxylamine groups is 1. The van der Waals surface area contributed by atoms with Gasteiger partial charge in [0.25, 0.3) is 0 Å². The number of aliphatic imine (C=N–C) groups is 1. The molecule has 0 atom stereocenters. The average molecular weight is 391 g/mol. The average Bonchev–Trinajstić information content (AvgIpc) is 3.19. The molecule has 0 saturated carbocycles. The molecule has 5 rings (SSSR count). The highest BCUT2D eigenvalue weighted by molar-refractivity contribution is 5.97. The third-order valence-corrected chi connectivity index (χ3v) is 6.04. The van der Waals surface area contributed by atoms with Gasteiger partial charge in [-0.15, -0.1) is 0 Å². The minimum Gasteiger partial charge on any atom is -0.337 e. The van der Waals surface area contributed by atoms with Crippen molar-refractivity contribution >= 4 is 11.7 Å². The fourth-order valence-electron chi connectivity index (χ4n) is 4.28. The van der Waals surface area contributed by atoms with E-state index in [2.05, 4.69) is 33.6 Å². The Morgan fingerprint density at radius 1 is 1.07 bits per heavy atom. The van der Waals surface area contributed by atoms with Gasteiger partial charge in [0, 0.05) is 45.2 Å². The molecule has 0 radical (unpaired) electrons. The van der Waals surface area contributed by atoms with Crippen LogP contribution in [-0.2, 0) is 22.6 Å². The molecular weight excluding hydrogens is 366 g/mol. The van der Waals surface area contributed by atoms with E-state index in [4.69, 9.17) is 9.83 Å². The molecule has 1 aromatic heterocycles. The van der Waals surface area contributed by atoms with E-state index in [1.165, 1.54) is 11.1 Å². The summed E-state index contributed by atoms with van der Waals surface area (Å²) in [6, 6.07) is 14.1. The van der Waals surface area contributed by atoms with Gasteiger partial charge in [-0.2, -0.15) is 0 Å². The fraction of sp³-hybridized carbons (Fsp3) is 0.409. The summed E-state index contributed by atoms with van der Waals surface area (Å²) >= 11 is 0. The fourth-order valence-corrected chi connectivity index (χ4v) is 4.28. The zero-order valence-corrected chi connectivity index (χ0v) is 16.4. The topological polar surface area (TPSA) is 70.1 Å². The molecule has 1 spiro atoms. The number of carbonyl (C=O) groups excluding carboxylic acids is 1. The summed E-state index contributed by atoms with van der Waals surface area (Å²) in [6.45, 7) is 3.56. The number of hydrogen-bond acceptors (Lipinski definition) is 6. The van der Waals surface area contributed by atoms with Gasteiger partial charge in [-0.1, -0.05) is 30.3 Å². The maximum absolute atomic E-state index is 12.8. The van der Waals surface area contributed by atoms with Gasteiger partial charge >= 0.3 is 0 Å². The Morgan fingerprint density at radius 3 is 2.66 bits per heavy atom. The first-order valence-electron chi connectivity index (χ1n) is 10.2. The van der Waals surface area contributed by atoms with Gasteiger partial charge < -0.3 is 4.90 Å². The Morgan fingerprint density at radius 2 is 1.86 bits per heavy atom. The van der Waals surface area contributed by atoms with Crippen LogP contribution in [0.15, 0.2) is 53.7 Å². The second-order valence-electron chi connectivity index (χ2n) is 7.94. The monoisotopic (exact) mass is 391 g/mol. The Kier molecular flexibility index (Phi) is 4.77. The Bertz CT molecular complexity index is 922. The quantitative estimate of drug-likeness (QED) is 0.863. The number of fused-ring (bicyclic) bond motifs is 1. The highest BCUT2D eigenvalue weighted by Gasteiger charge is 2.41. The van der Waals surface area contributed by atoms with Crippen molar-refractivity contribution in [1.82, 2.24) is 20.3 Å². The lowest BCUT2D eigenvalue weighted by atomic mass is 9.99. The van der Waals surface area contributed by atoms with Crippen LogP contribution in [0.4, 0.5) is 0 Å². The van der Waals surface area contributed by atoms with Crippen LogP contribution >= 0.6 is 0 Å². The first kappa shape index (κ1) is 18.3. The largest absolute Gasteiger partial charge is 0.337 e. The molecule has 1 fully saturated rings. The van der Waals surface area contributed by atoms with Gasteiger partial charge in [-0.05, 0) is 29.7 Å². The van der Waals surface area contributed by atoms with Crippen molar-refractivity contribution in [2.75, 3.05) is 26.2 Å². The summed E-state index contributed by atoms with van der Waals surface area (Å²) < 4.78 is 0. The molecule has 29 heavy (non-hydrogen) atoms. The Labute approximate surface area is 170 Å². The summed E-state index contributed by atoms with van der Waals surface area (Å²) in [4.78, 5) is 32.0. The van der Waals surface area contributed by atoms with Crippen LogP contribution < -0.4 is 5.48 Å². The number of aromatic nitrogens is 1. The van der Waals surface area contributed by atoms with Crippen molar-refractivity contribution < 1.29 is 9.63 Å². The van der Waals surface area contributed by atoms with Crippen LogP contribution in [0.2, 0.25) is 0 Å². The summed E-state index contributed by atoms with van der Waals surface area (Å²) in [6.07, 6.45) is 4.20. The molecule has 3 aliphatic rings. The third-order valence-electron chi connectivity index (χ3n) is 6.04. The SMILES string of the molecule is O=C(CN1CCC2(CC1)N=C(c1ccccn1)NO2)N1CCc2ccccc2C1. The number of piperidine rings is 1. The molecule has 1 amide bonds. The van der Waals surface area contributed by atoms with Gasteiger partial charge in [-0.3, -0.25) is 14.7 Å². The predicted octanol–water partition coefficient (Wildman–Crippen LogP) is 1.74. The molecule has 0 aliphatic carbocycles. The van der Waals surface area contributed by atoms with Crippen molar-refractivity contribution in [3.63, 3.8) is 0 Å². The molecule has 3 aliphatic heterocycles. The number of nitrogens with zero attached hydrogens (tertiary/aromatic N) is 4. The third kappa shape index (κ3) is 3.75. The van der Waals surface area contributed by atoms with Crippen LogP contribution in [-0.4, -0.2) is 58.4 Å². The molecule has 0 bridgehead atoms. The van der Waals surface area contributed by atoms with Gasteiger partial charge in [0.1, 0.15) is 5.69 Å². The van der Waals surface area contributed by atoms with Crippen LogP contribution in [0.5, 0.6) is 0 Å². The van der Waals surface area contributed by atoms with E-state index in [1.807, 2.05) is 29.2 Å². The molecule has 1 aromatic carbocycles. The summed E-state index contributed by atoms with van der Waals surface area (Å²) in [7, 11) is 0. The van der Waals surface area contributed by atoms with E-state index in [0.29, 0.717) is 12.4 Å². The highest BCUT2D eigenvalue weighted by atomic mass is 16.7. The molecule has 7 heteroatoms. The first-order valence-corrected chi connectivity index (χ1v) is 10.2. The van der Waals surface area contributed by atoms with Crippen molar-refractivity contribution in [2.24, 2.45) is 4.99 Å². The standard InChI is InChI=1S/C22H25N5O2/c28-20(27-12-8-17-5-1-2-6-18(17)15-27)16-26-13-9-22(10-14-26)24-21(25-29-22)19-7-3-4-11-23-19/h1-7,11H,8-10,12-16H2,(H,24,25). The van der Waals surface area contributed by atoms with Crippen molar-refractivity contribution in [2.45, 2.75) is 31.5 Å². The van der Waals surface area contributed by atoms with E-state index in [-0.39, 0.29) is 5.91 Å². The summed E-state index contributed by atoms with van der Waals surface area (Å²) in [5.74, 6) is 0.890. The van der Waals surface area contributed by atoms with Gasteiger partial charge in [0.15, 0.2) is 11.6 Å². The van der Waals surface area contributed by atoms with E-state index >= 15 is 0 Å². The van der Waals surface area contributed by atoms with Crippen LogP contribution in [0.1, 0.15) is 29.7 Å². The van der Waals surface area contributed by atoms with E-state index in [0.717, 1.165) is 51.1 Å². The minimum absolute atomic E-state index is 0.207. The number of nitrogens with one attached hydrogen (secondary N) is 1. The molecule has 2 aromatic rings. The lowest BCUT2D eigenvalue weighted by molar-refractivity contribution is -0.135. The number of amides is 1. The van der Waals surface area contributed by atoms with Gasteiger partial charge in [0.2, 0.25) is 5.91 Å². The summed E-state index contributed by atoms with van der Waals surface area (Å²) in [5.41, 5.74) is 5.82. The second-order valence-corrected chi connectivity index (χ2v) is 7.94. The maximum Gasteiger partial charge on any atom is 0.237 e. The lowest BCUT2D eigenvalue weighted by Crippen LogP contribution is -2.49. The second kappa shape index (κ2) is 7.57. The van der Waals surface area contributed by atoms with Crippen molar-refractivity contribution in [3.05, 3.63) is 65.5 Å². The number of likely N-dealkylation sites (tertiary alicyclic amines) is 1. The molecule has 0 unspecified atom stereocenters. The van der Waals surface area contributed by atoms with E-state index < -0.39 is 5.72 Å². The molecule has 1 N–H and O–H groups in total. The Balaban J connectivity index is 1.17. The van der Waals surface area contributed by atoms with Crippen LogP contribution in [0.3, 0.4) is 0 Å². The molecule has 7 nitrogen and oxygen atoms in total. The van der Waals surface area contributed by atoms with E-state index in [1.54, 1.807) is 6.20 Å². The van der Waals surface area contributed by atoms with Crippen molar-refractivity contribution in [1.29, 1.82) is 0 Å². The summed E-state index contributed by atoms with van der Waals surface area (Å²) in [5, 5.41) is 0. The number of amidine groups is 1. The zero-order valence-electron chi connectivity index (χ0n) is 16.4. The van der Waals surface area contributed by atoms with Crippen LogP contribution in [0.25, 0.3) is 0 Å². The minimum atomic E-state index is -0.545. The van der Waals surface area contributed by atoms with E-state index in [9.17, 15) is 4.79 Å². The molecule has 4 heterocycles. The smallest absolute Gasteiger partial charge is 0.237 e. The number of benzene rings is 1. The first-order chi connectivity index (χ1) is 14.2. The van der Waals surface area contributed by atoms with Crippen molar-refractivity contribution in [3.8, 4) is 0 Å². The Hall–Kier alpha value is -2.77. The maximum atomic E-state index is 12.8. The number of rotatable bonds is 3. The van der Waals surface area contributed by atoms with Gasteiger partial charge in [-0.25, -0.2) is 15.3 Å². The normalized spacial score (nSPS) is 20.8. The number of pyridine rings is 1. The lowest BCUT2D eigenvalue weighted by Gasteiger charge is -2.36. The highest BCUT2D eigenvalue weighted by Crippen LogP contribution is 2.31. The van der Waals surface area contributed by atoms with Crippen LogP contribution in [0, 0.1) is 0 Å². The molecular formula is C22H25N5O2. The molecule has 150 valence electrons. The number of carbonyl (C=O) groups is 1. The predicted molar refractivity (Wildman–Crippen MR) is 109 cm³/mol. The zero-order chi connectivity index (χ0) is 19.7. The van der Waals surface area contributed by atoms with Gasteiger partial charge in [0.05, 0.1) is 6.54 Å².